The molecule has 2 saturated carbocycles. The van der Waals surface area contributed by atoms with Crippen LogP contribution in [0.25, 0.3) is 0 Å². The lowest BCUT2D eigenvalue weighted by molar-refractivity contribution is -0.141. The van der Waals surface area contributed by atoms with Crippen LogP contribution in [0.1, 0.15) is 39.0 Å². The number of hydrogen-bond acceptors (Lipinski definition) is 5. The van der Waals surface area contributed by atoms with Crippen LogP contribution in [0, 0.1) is 23.2 Å². The number of alkyl halides is 2. The molecule has 2 heterocycles. The molecule has 1 N–H and O–H groups in total. The van der Waals surface area contributed by atoms with Gasteiger partial charge < -0.3 is 10.2 Å². The second kappa shape index (κ2) is 7.62. The van der Waals surface area contributed by atoms with Gasteiger partial charge in [-0.1, -0.05) is 6.07 Å². The monoisotopic (exact) mass is 450 g/mol. The van der Waals surface area contributed by atoms with Crippen molar-refractivity contribution in [3.63, 3.8) is 0 Å². The summed E-state index contributed by atoms with van der Waals surface area (Å²) in [6, 6.07) is 7.13. The summed E-state index contributed by atoms with van der Waals surface area (Å²) < 4.78 is 39.8. The minimum atomic E-state index is -2.94. The van der Waals surface area contributed by atoms with Gasteiger partial charge in [0.05, 0.1) is 40.0 Å². The van der Waals surface area contributed by atoms with Crippen LogP contribution in [0.3, 0.4) is 0 Å². The van der Waals surface area contributed by atoms with Crippen LogP contribution < -0.4 is 5.32 Å². The minimum Gasteiger partial charge on any atom is -0.338 e. The summed E-state index contributed by atoms with van der Waals surface area (Å²) in [6.45, 7) is 0.999. The van der Waals surface area contributed by atoms with Crippen LogP contribution in [0.4, 0.5) is 8.78 Å². The molecular formula is C21H24F2N4O3S. The van der Waals surface area contributed by atoms with Crippen LogP contribution >= 0.6 is 0 Å². The zero-order valence-corrected chi connectivity index (χ0v) is 18.0. The highest BCUT2D eigenvalue weighted by Crippen LogP contribution is 2.47. The smallest absolute Gasteiger partial charge is 0.267 e. The van der Waals surface area contributed by atoms with Gasteiger partial charge in [0.2, 0.25) is 11.8 Å². The number of pyridine rings is 1. The van der Waals surface area contributed by atoms with Crippen LogP contribution in [-0.2, 0) is 20.4 Å². The average Bonchev–Trinajstić information content (AvgIpc) is 3.28. The van der Waals surface area contributed by atoms with Crippen molar-refractivity contribution in [2.75, 3.05) is 13.1 Å². The molecule has 1 saturated heterocycles. The third-order valence-electron chi connectivity index (χ3n) is 6.53. The van der Waals surface area contributed by atoms with Gasteiger partial charge in [-0.25, -0.2) is 13.8 Å². The summed E-state index contributed by atoms with van der Waals surface area (Å²) in [4.78, 5) is 31.5. The Bertz CT molecular complexity index is 963. The first-order valence-corrected chi connectivity index (χ1v) is 11.5. The summed E-state index contributed by atoms with van der Waals surface area (Å²) in [5.41, 5.74) is -0.912. The number of carbonyl (C=O) groups excluding carboxylic acids is 2. The average molecular weight is 451 g/mol. The van der Waals surface area contributed by atoms with E-state index in [9.17, 15) is 27.8 Å². The predicted octanol–water partition coefficient (Wildman–Crippen LogP) is 2.01. The zero-order valence-electron chi connectivity index (χ0n) is 17.1. The van der Waals surface area contributed by atoms with E-state index in [2.05, 4.69) is 16.4 Å². The molecule has 2 amide bonds. The van der Waals surface area contributed by atoms with Crippen molar-refractivity contribution in [3.8, 4) is 6.07 Å². The van der Waals surface area contributed by atoms with Gasteiger partial charge in [0.25, 0.3) is 5.92 Å². The van der Waals surface area contributed by atoms with E-state index in [-0.39, 0.29) is 19.4 Å². The van der Waals surface area contributed by atoms with Gasteiger partial charge in [0.15, 0.2) is 0 Å². The molecule has 166 valence electrons. The fraction of sp³-hybridized carbons (Fsp3) is 0.619. The Hall–Kier alpha value is -2.41. The second-order valence-corrected chi connectivity index (χ2v) is 11.0. The van der Waals surface area contributed by atoms with Crippen molar-refractivity contribution in [2.24, 2.45) is 11.8 Å². The van der Waals surface area contributed by atoms with Gasteiger partial charge in [-0.05, 0) is 44.7 Å². The van der Waals surface area contributed by atoms with Crippen LogP contribution in [0.15, 0.2) is 29.4 Å². The van der Waals surface area contributed by atoms with Crippen LogP contribution in [0.5, 0.6) is 0 Å². The topological polar surface area (TPSA) is 103 Å². The molecule has 31 heavy (non-hydrogen) atoms. The highest BCUT2D eigenvalue weighted by atomic mass is 32.2. The molecule has 3 fully saturated rings. The Labute approximate surface area is 181 Å². The van der Waals surface area contributed by atoms with Crippen molar-refractivity contribution < 1.29 is 22.6 Å². The standard InChI is InChI=1S/C21H24F2N4O3S/c1-19(31(30)16-4-2-3-8-25-16)10-14(17(28)26-20(12-24)5-6-20)15(11-19)18(29)27-9-7-21(22,23)13-27/h2-4,8,14-15H,5-7,9-11,13H2,1H3,(H,26,28)/t14-,15-,19?,31?/m1/s1. The second-order valence-electron chi connectivity index (χ2n) is 9.06. The summed E-state index contributed by atoms with van der Waals surface area (Å²) in [5, 5.41) is 12.4. The third-order valence-corrected chi connectivity index (χ3v) is 8.38. The summed E-state index contributed by atoms with van der Waals surface area (Å²) in [6.07, 6.45) is 2.45. The number of likely N-dealkylation sites (tertiary alicyclic amines) is 1. The van der Waals surface area contributed by atoms with Gasteiger partial charge in [-0.3, -0.25) is 13.8 Å². The molecule has 0 aromatic carbocycles. The molecule has 4 rings (SSSR count). The number of nitrogens with one attached hydrogen (secondary N) is 1. The minimum absolute atomic E-state index is 0.0706. The SMILES string of the molecule is CC1(S(=O)c2ccccn2)C[C@@H](C(=O)NC2(C#N)CC2)[C@H](C(=O)N2CCC(F)(F)C2)C1. The van der Waals surface area contributed by atoms with E-state index in [1.54, 1.807) is 25.1 Å². The molecule has 0 radical (unpaired) electrons. The van der Waals surface area contributed by atoms with Gasteiger partial charge >= 0.3 is 0 Å². The number of carbonyl (C=O) groups is 2. The molecule has 10 heteroatoms. The van der Waals surface area contributed by atoms with E-state index in [0.717, 1.165) is 4.90 Å². The van der Waals surface area contributed by atoms with Crippen molar-refractivity contribution in [2.45, 2.75) is 60.3 Å². The highest BCUT2D eigenvalue weighted by molar-refractivity contribution is 7.86. The molecule has 1 aliphatic heterocycles. The van der Waals surface area contributed by atoms with Gasteiger partial charge in [0.1, 0.15) is 10.6 Å². The molecule has 2 unspecified atom stereocenters. The quantitative estimate of drug-likeness (QED) is 0.739. The molecule has 7 nitrogen and oxygen atoms in total. The van der Waals surface area contributed by atoms with E-state index in [1.807, 2.05) is 0 Å². The molecule has 0 spiro atoms. The lowest BCUT2D eigenvalue weighted by Gasteiger charge is -2.25. The molecule has 4 atom stereocenters. The largest absolute Gasteiger partial charge is 0.338 e. The van der Waals surface area contributed by atoms with E-state index >= 15 is 0 Å². The maximum absolute atomic E-state index is 13.7. The lowest BCUT2D eigenvalue weighted by Crippen LogP contribution is -2.45. The van der Waals surface area contributed by atoms with Gasteiger partial charge in [0, 0.05) is 19.2 Å². The number of nitriles is 1. The first-order chi connectivity index (χ1) is 14.6. The van der Waals surface area contributed by atoms with E-state index in [0.29, 0.717) is 17.9 Å². The van der Waals surface area contributed by atoms with Gasteiger partial charge in [-0.2, -0.15) is 5.26 Å². The van der Waals surface area contributed by atoms with Crippen LogP contribution in [0.2, 0.25) is 0 Å². The van der Waals surface area contributed by atoms with Crippen molar-refractivity contribution in [1.29, 1.82) is 5.26 Å². The number of rotatable bonds is 5. The van der Waals surface area contributed by atoms with Crippen molar-refractivity contribution in [3.05, 3.63) is 24.4 Å². The van der Waals surface area contributed by atoms with Crippen molar-refractivity contribution in [1.82, 2.24) is 15.2 Å². The Morgan fingerprint density at radius 1 is 1.26 bits per heavy atom. The molecular weight excluding hydrogens is 426 g/mol. The van der Waals surface area contributed by atoms with E-state index < -0.39 is 63.6 Å². The summed E-state index contributed by atoms with van der Waals surface area (Å²) in [5.74, 6) is -5.62. The Morgan fingerprint density at radius 2 is 1.97 bits per heavy atom. The summed E-state index contributed by atoms with van der Waals surface area (Å²) in [7, 11) is -1.60. The normalized spacial score (nSPS) is 31.6. The maximum Gasteiger partial charge on any atom is 0.267 e. The Balaban J connectivity index is 1.60. The van der Waals surface area contributed by atoms with E-state index in [1.165, 1.54) is 6.20 Å². The number of halogens is 2. The third kappa shape index (κ3) is 4.20. The van der Waals surface area contributed by atoms with Crippen LogP contribution in [-0.4, -0.2) is 55.2 Å². The summed E-state index contributed by atoms with van der Waals surface area (Å²) >= 11 is 0. The highest BCUT2D eigenvalue weighted by Gasteiger charge is 2.56. The number of hydrogen-bond donors (Lipinski definition) is 1. The molecule has 1 aromatic rings. The van der Waals surface area contributed by atoms with E-state index in [4.69, 9.17) is 0 Å². The fourth-order valence-electron chi connectivity index (χ4n) is 4.57. The number of aromatic nitrogens is 1. The number of nitrogens with zero attached hydrogens (tertiary/aromatic N) is 3. The first-order valence-electron chi connectivity index (χ1n) is 10.3. The van der Waals surface area contributed by atoms with Crippen molar-refractivity contribution >= 4 is 22.6 Å². The lowest BCUT2D eigenvalue weighted by atomic mass is 9.93. The fourth-order valence-corrected chi connectivity index (χ4v) is 6.10. The molecule has 2 aliphatic carbocycles. The molecule has 3 aliphatic rings. The number of amides is 2. The maximum atomic E-state index is 13.7. The first kappa shape index (κ1) is 21.8. The Morgan fingerprint density at radius 3 is 2.52 bits per heavy atom. The predicted molar refractivity (Wildman–Crippen MR) is 107 cm³/mol. The zero-order chi connectivity index (χ0) is 22.4. The van der Waals surface area contributed by atoms with Gasteiger partial charge in [-0.15, -0.1) is 0 Å². The Kier molecular flexibility index (Phi) is 5.36. The molecule has 0 bridgehead atoms. The molecule has 1 aromatic heterocycles.